The standard InChI is InChI=1S/C16H16O8.C16H14O6/c1-16(23)14(21)10-9(13(20)15(16)22)12(19)8-6(11(10)18)3-5(24-2)4-7(8)17;1-16(21)4-3-8-12(15(16)20)14(19)9-5-7(22-2)6-10(17)11(9)13(8)18/h3-4,13-15,17,20-23H,1-2H3;3-6,15,17,20-21H,1-2H3/t13-,14-,15-,16+;15-,16-/m11/s1. The highest BCUT2D eigenvalue weighted by Crippen LogP contribution is 2.44. The van der Waals surface area contributed by atoms with Crippen molar-refractivity contribution < 1.29 is 69.5 Å². The Kier molecular flexibility index (Phi) is 7.80. The number of hydrogen-bond acceptors (Lipinski definition) is 14. The molecule has 0 radical (unpaired) electrons. The van der Waals surface area contributed by atoms with Crippen molar-refractivity contribution in [2.45, 2.75) is 49.5 Å². The minimum Gasteiger partial charge on any atom is -0.507 e. The van der Waals surface area contributed by atoms with Gasteiger partial charge in [0.1, 0.15) is 58.6 Å². The van der Waals surface area contributed by atoms with E-state index in [9.17, 15) is 60.0 Å². The number of rotatable bonds is 2. The average molecular weight is 639 g/mol. The number of carbonyl (C=O) groups excluding carboxylic acids is 4. The highest BCUT2D eigenvalue weighted by atomic mass is 16.5. The predicted molar refractivity (Wildman–Crippen MR) is 155 cm³/mol. The normalized spacial score (nSPS) is 29.8. The highest BCUT2D eigenvalue weighted by molar-refractivity contribution is 6.30. The smallest absolute Gasteiger partial charge is 0.198 e. The third-order valence-corrected chi connectivity index (χ3v) is 8.59. The minimum atomic E-state index is -2.23. The number of allylic oxidation sites excluding steroid dienone is 2. The number of ether oxygens (including phenoxy) is 2. The van der Waals surface area contributed by atoms with Crippen LogP contribution in [0.4, 0.5) is 0 Å². The van der Waals surface area contributed by atoms with Gasteiger partial charge in [-0.25, -0.2) is 0 Å². The monoisotopic (exact) mass is 638 g/mol. The topological polar surface area (TPSA) is 249 Å². The lowest BCUT2D eigenvalue weighted by molar-refractivity contribution is -0.158. The van der Waals surface area contributed by atoms with E-state index in [-0.39, 0.29) is 50.6 Å². The third-order valence-electron chi connectivity index (χ3n) is 8.59. The van der Waals surface area contributed by atoms with Crippen molar-refractivity contribution in [2.24, 2.45) is 0 Å². The van der Waals surface area contributed by atoms with Gasteiger partial charge in [0, 0.05) is 45.6 Å². The summed E-state index contributed by atoms with van der Waals surface area (Å²) < 4.78 is 9.93. The fourth-order valence-corrected chi connectivity index (χ4v) is 5.89. The first-order valence-electron chi connectivity index (χ1n) is 13.8. The van der Waals surface area contributed by atoms with E-state index in [1.807, 2.05) is 0 Å². The SMILES string of the molecule is COc1cc(O)c2c(c1)C(=O)C1=C(C2=O)[C@@H](O)[C@@H](O)[C@@](C)(O)[C@@H]1O.COc1cc(O)c2c(c1)C(=O)C1=C(C=C[C@@](C)(O)[C@@H]1O)C2=O. The molecule has 2 aromatic carbocycles. The number of phenolic OH excluding ortho intramolecular Hbond substituents is 2. The third kappa shape index (κ3) is 4.65. The molecule has 0 fully saturated rings. The molecule has 0 saturated carbocycles. The van der Waals surface area contributed by atoms with Crippen molar-refractivity contribution in [2.75, 3.05) is 14.2 Å². The number of benzene rings is 2. The van der Waals surface area contributed by atoms with Gasteiger partial charge in [0.25, 0.3) is 0 Å². The van der Waals surface area contributed by atoms with Gasteiger partial charge in [-0.15, -0.1) is 0 Å². The maximum Gasteiger partial charge on any atom is 0.198 e. The molecular formula is C32H30O14. The van der Waals surface area contributed by atoms with Gasteiger partial charge in [0.05, 0.1) is 25.3 Å². The van der Waals surface area contributed by atoms with E-state index in [0.717, 1.165) is 13.0 Å². The van der Waals surface area contributed by atoms with Crippen molar-refractivity contribution in [3.05, 3.63) is 81.0 Å². The van der Waals surface area contributed by atoms with Crippen molar-refractivity contribution in [3.8, 4) is 23.0 Å². The van der Waals surface area contributed by atoms with Crippen LogP contribution < -0.4 is 9.47 Å². The van der Waals surface area contributed by atoms with Crippen LogP contribution in [0.5, 0.6) is 23.0 Å². The Morgan fingerprint density at radius 3 is 1.63 bits per heavy atom. The zero-order chi connectivity index (χ0) is 34.2. The second-order valence-corrected chi connectivity index (χ2v) is 11.6. The van der Waals surface area contributed by atoms with E-state index in [1.165, 1.54) is 51.5 Å². The van der Waals surface area contributed by atoms with E-state index in [0.29, 0.717) is 0 Å². The number of fused-ring (bicyclic) bond motifs is 2. The molecule has 0 heterocycles. The second kappa shape index (κ2) is 11.0. The molecule has 0 unspecified atom stereocenters. The van der Waals surface area contributed by atoms with E-state index in [4.69, 9.17) is 9.47 Å². The summed E-state index contributed by atoms with van der Waals surface area (Å²) in [6.45, 7) is 2.39. The molecule has 14 heteroatoms. The van der Waals surface area contributed by atoms with Gasteiger partial charge in [-0.2, -0.15) is 0 Å². The summed E-state index contributed by atoms with van der Waals surface area (Å²) in [4.78, 5) is 50.5. The number of Topliss-reactive ketones (excluding diaryl/α,β-unsaturated/α-hetero) is 4. The molecule has 242 valence electrons. The molecule has 6 rings (SSSR count). The number of methoxy groups -OCH3 is 2. The molecule has 6 atom stereocenters. The van der Waals surface area contributed by atoms with E-state index in [2.05, 4.69) is 0 Å². The largest absolute Gasteiger partial charge is 0.507 e. The molecule has 0 aromatic heterocycles. The van der Waals surface area contributed by atoms with Crippen LogP contribution in [0.3, 0.4) is 0 Å². The van der Waals surface area contributed by atoms with Crippen molar-refractivity contribution in [1.29, 1.82) is 0 Å². The number of ketones is 4. The Labute approximate surface area is 260 Å². The quantitative estimate of drug-likeness (QED) is 0.210. The van der Waals surface area contributed by atoms with Crippen LogP contribution >= 0.6 is 0 Å². The second-order valence-electron chi connectivity index (χ2n) is 11.6. The first kappa shape index (κ1) is 32.7. The van der Waals surface area contributed by atoms with Gasteiger partial charge in [-0.3, -0.25) is 19.2 Å². The number of aliphatic hydroxyl groups is 6. The highest BCUT2D eigenvalue weighted by Gasteiger charge is 2.55. The fraction of sp³-hybridized carbons (Fsp3) is 0.312. The molecule has 14 nitrogen and oxygen atoms in total. The van der Waals surface area contributed by atoms with Crippen LogP contribution in [-0.4, -0.2) is 114 Å². The molecule has 0 spiro atoms. The predicted octanol–water partition coefficient (Wildman–Crippen LogP) is -0.318. The zero-order valence-corrected chi connectivity index (χ0v) is 24.8. The van der Waals surface area contributed by atoms with Gasteiger partial charge in [-0.05, 0) is 32.1 Å². The lowest BCUT2D eigenvalue weighted by atomic mass is 9.68. The summed E-state index contributed by atoms with van der Waals surface area (Å²) in [5.74, 6) is -3.48. The van der Waals surface area contributed by atoms with Gasteiger partial charge < -0.3 is 50.3 Å². The maximum atomic E-state index is 12.7. The molecule has 2 aromatic rings. The summed E-state index contributed by atoms with van der Waals surface area (Å²) in [6.07, 6.45) is -4.62. The lowest BCUT2D eigenvalue weighted by Gasteiger charge is -2.43. The first-order valence-corrected chi connectivity index (χ1v) is 13.8. The van der Waals surface area contributed by atoms with E-state index < -0.39 is 75.6 Å². The molecule has 8 N–H and O–H groups in total. The fourth-order valence-electron chi connectivity index (χ4n) is 5.89. The van der Waals surface area contributed by atoms with Gasteiger partial charge in [0.2, 0.25) is 0 Å². The zero-order valence-electron chi connectivity index (χ0n) is 24.8. The molecule has 4 aliphatic carbocycles. The molecular weight excluding hydrogens is 608 g/mol. The van der Waals surface area contributed by atoms with Gasteiger partial charge >= 0.3 is 0 Å². The van der Waals surface area contributed by atoms with Crippen LogP contribution in [-0.2, 0) is 0 Å². The number of aliphatic hydroxyl groups excluding tert-OH is 4. The summed E-state index contributed by atoms with van der Waals surface area (Å²) in [6, 6.07) is 4.93. The summed E-state index contributed by atoms with van der Waals surface area (Å²) in [7, 11) is 2.67. The maximum absolute atomic E-state index is 12.7. The number of hydrogen-bond donors (Lipinski definition) is 8. The van der Waals surface area contributed by atoms with Crippen LogP contribution in [0.2, 0.25) is 0 Å². The molecule has 4 aliphatic rings. The van der Waals surface area contributed by atoms with Crippen LogP contribution in [0, 0.1) is 0 Å². The Morgan fingerprint density at radius 2 is 1.13 bits per heavy atom. The minimum absolute atomic E-state index is 0.0167. The number of phenols is 2. The van der Waals surface area contributed by atoms with E-state index >= 15 is 0 Å². The molecule has 0 aliphatic heterocycles. The Balaban J connectivity index is 0.000000182. The Morgan fingerprint density at radius 1 is 0.652 bits per heavy atom. The Bertz CT molecular complexity index is 1830. The Hall–Kier alpha value is -4.70. The summed E-state index contributed by atoms with van der Waals surface area (Å²) >= 11 is 0. The molecule has 0 bridgehead atoms. The first-order chi connectivity index (χ1) is 21.4. The number of carbonyl (C=O) groups is 4. The van der Waals surface area contributed by atoms with Crippen molar-refractivity contribution >= 4 is 23.1 Å². The van der Waals surface area contributed by atoms with Crippen LogP contribution in [0.1, 0.15) is 55.3 Å². The average Bonchev–Trinajstić information content (AvgIpc) is 3.00. The molecule has 46 heavy (non-hydrogen) atoms. The number of aromatic hydroxyl groups is 2. The van der Waals surface area contributed by atoms with Crippen LogP contribution in [0.25, 0.3) is 0 Å². The van der Waals surface area contributed by atoms with Crippen LogP contribution in [0.15, 0.2) is 58.7 Å². The van der Waals surface area contributed by atoms with Gasteiger partial charge in [-0.1, -0.05) is 6.08 Å². The van der Waals surface area contributed by atoms with E-state index in [1.54, 1.807) is 0 Å². The molecule has 0 amide bonds. The lowest BCUT2D eigenvalue weighted by Crippen LogP contribution is -2.61. The molecule has 0 saturated heterocycles. The summed E-state index contributed by atoms with van der Waals surface area (Å²) in [5, 5.41) is 81.0. The van der Waals surface area contributed by atoms with Gasteiger partial charge in [0.15, 0.2) is 23.1 Å². The van der Waals surface area contributed by atoms with Crippen molar-refractivity contribution in [3.63, 3.8) is 0 Å². The summed E-state index contributed by atoms with van der Waals surface area (Å²) in [5.41, 5.74) is -5.82. The van der Waals surface area contributed by atoms with Crippen molar-refractivity contribution in [1.82, 2.24) is 0 Å².